The Morgan fingerprint density at radius 1 is 1.04 bits per heavy atom. The summed E-state index contributed by atoms with van der Waals surface area (Å²) in [5, 5.41) is 5.24. The third kappa shape index (κ3) is 4.89. The van der Waals surface area contributed by atoms with Crippen LogP contribution in [0.3, 0.4) is 0 Å². The first-order valence-electron chi connectivity index (χ1n) is 8.91. The number of carbonyl (C=O) groups excluding carboxylic acids is 2. The number of rotatable bonds is 7. The van der Waals surface area contributed by atoms with Crippen LogP contribution in [0.15, 0.2) is 53.4 Å². The summed E-state index contributed by atoms with van der Waals surface area (Å²) in [7, 11) is -2.24. The van der Waals surface area contributed by atoms with E-state index in [0.29, 0.717) is 17.8 Å². The fraction of sp³-hybridized carbons (Fsp3) is 0.300. The van der Waals surface area contributed by atoms with E-state index in [9.17, 15) is 18.0 Å². The summed E-state index contributed by atoms with van der Waals surface area (Å²) in [5.41, 5.74) is 1.73. The van der Waals surface area contributed by atoms with Gasteiger partial charge >= 0.3 is 0 Å². The summed E-state index contributed by atoms with van der Waals surface area (Å²) in [6, 6.07) is 12.1. The fourth-order valence-corrected chi connectivity index (χ4v) is 3.70. The zero-order chi connectivity index (χ0) is 20.9. The molecule has 0 heterocycles. The van der Waals surface area contributed by atoms with E-state index < -0.39 is 22.0 Å². The second-order valence-corrected chi connectivity index (χ2v) is 8.39. The van der Waals surface area contributed by atoms with E-state index in [1.165, 1.54) is 19.2 Å². The molecule has 0 fully saturated rings. The van der Waals surface area contributed by atoms with Gasteiger partial charge in [-0.05, 0) is 57.2 Å². The van der Waals surface area contributed by atoms with Crippen molar-refractivity contribution >= 4 is 27.5 Å². The first kappa shape index (κ1) is 21.4. The number of hydrogen-bond acceptors (Lipinski definition) is 4. The molecule has 2 aromatic rings. The average Bonchev–Trinajstić information content (AvgIpc) is 2.68. The second-order valence-electron chi connectivity index (χ2n) is 6.42. The molecule has 0 aliphatic carbocycles. The van der Waals surface area contributed by atoms with Crippen LogP contribution in [0, 0.1) is 6.92 Å². The highest BCUT2D eigenvalue weighted by Crippen LogP contribution is 2.22. The molecule has 0 bridgehead atoms. The number of nitrogens with one attached hydrogen (secondary N) is 2. The highest BCUT2D eigenvalue weighted by atomic mass is 32.2. The van der Waals surface area contributed by atoms with Gasteiger partial charge in [-0.3, -0.25) is 13.9 Å². The first-order chi connectivity index (χ1) is 13.2. The third-order valence-electron chi connectivity index (χ3n) is 4.26. The number of nitrogens with zero attached hydrogens (tertiary/aromatic N) is 1. The maximum absolute atomic E-state index is 12.7. The van der Waals surface area contributed by atoms with Gasteiger partial charge in [-0.25, -0.2) is 8.42 Å². The first-order valence-corrected chi connectivity index (χ1v) is 10.3. The van der Waals surface area contributed by atoms with Gasteiger partial charge in [-0.15, -0.1) is 0 Å². The molecule has 2 amide bonds. The molecule has 2 aromatic carbocycles. The minimum Gasteiger partial charge on any atom is -0.355 e. The lowest BCUT2D eigenvalue weighted by Gasteiger charge is -2.20. The molecule has 0 saturated heterocycles. The molecule has 28 heavy (non-hydrogen) atoms. The number of benzene rings is 2. The lowest BCUT2D eigenvalue weighted by molar-refractivity contribution is -0.122. The van der Waals surface area contributed by atoms with Gasteiger partial charge in [-0.1, -0.05) is 17.7 Å². The quantitative estimate of drug-likeness (QED) is 0.740. The van der Waals surface area contributed by atoms with E-state index in [0.717, 1.165) is 9.87 Å². The molecule has 0 spiro atoms. The van der Waals surface area contributed by atoms with Gasteiger partial charge in [0.2, 0.25) is 5.91 Å². The Balaban J connectivity index is 2.14. The summed E-state index contributed by atoms with van der Waals surface area (Å²) in [6.45, 7) is 5.76. The molecule has 0 unspecified atom stereocenters. The molecule has 0 aliphatic heterocycles. The third-order valence-corrected chi connectivity index (χ3v) is 6.06. The van der Waals surface area contributed by atoms with Crippen LogP contribution >= 0.6 is 0 Å². The van der Waals surface area contributed by atoms with Crippen LogP contribution in [-0.4, -0.2) is 39.9 Å². The summed E-state index contributed by atoms with van der Waals surface area (Å²) in [5.74, 6) is -0.675. The van der Waals surface area contributed by atoms with Crippen molar-refractivity contribution in [1.82, 2.24) is 10.6 Å². The van der Waals surface area contributed by atoms with Crippen LogP contribution in [0.5, 0.6) is 0 Å². The van der Waals surface area contributed by atoms with Gasteiger partial charge in [-0.2, -0.15) is 0 Å². The second kappa shape index (κ2) is 8.88. The number of amides is 2. The highest BCUT2D eigenvalue weighted by Gasteiger charge is 2.22. The van der Waals surface area contributed by atoms with Crippen molar-refractivity contribution < 1.29 is 18.0 Å². The Hall–Kier alpha value is -2.87. The monoisotopic (exact) mass is 403 g/mol. The molecule has 0 aliphatic rings. The Morgan fingerprint density at radius 3 is 2.14 bits per heavy atom. The average molecular weight is 404 g/mol. The number of sulfonamides is 1. The molecule has 0 saturated carbocycles. The Morgan fingerprint density at radius 2 is 1.61 bits per heavy atom. The SMILES string of the molecule is CCNC(=O)[C@H](C)NC(=O)c1ccc(N(C)S(=O)(=O)c2ccc(C)cc2)cc1. The largest absolute Gasteiger partial charge is 0.355 e. The van der Waals surface area contributed by atoms with Crippen LogP contribution < -0.4 is 14.9 Å². The van der Waals surface area contributed by atoms with E-state index in [-0.39, 0.29) is 10.8 Å². The van der Waals surface area contributed by atoms with Crippen LogP contribution in [0.1, 0.15) is 29.8 Å². The van der Waals surface area contributed by atoms with E-state index in [2.05, 4.69) is 10.6 Å². The Kier molecular flexibility index (Phi) is 6.80. The smallest absolute Gasteiger partial charge is 0.264 e. The van der Waals surface area contributed by atoms with Crippen molar-refractivity contribution in [3.63, 3.8) is 0 Å². The van der Waals surface area contributed by atoms with Crippen LogP contribution in [0.4, 0.5) is 5.69 Å². The zero-order valence-corrected chi connectivity index (χ0v) is 17.2. The molecule has 8 heteroatoms. The minimum atomic E-state index is -3.70. The number of carbonyl (C=O) groups is 2. The molecule has 2 rings (SSSR count). The van der Waals surface area contributed by atoms with Crippen LogP contribution in [0.2, 0.25) is 0 Å². The Bertz CT molecular complexity index is 938. The Labute approximate surface area is 165 Å². The van der Waals surface area contributed by atoms with E-state index in [1.54, 1.807) is 50.2 Å². The number of anilines is 1. The topological polar surface area (TPSA) is 95.6 Å². The number of hydrogen-bond donors (Lipinski definition) is 2. The van der Waals surface area contributed by atoms with E-state index in [1.807, 2.05) is 6.92 Å². The van der Waals surface area contributed by atoms with Gasteiger partial charge in [0.25, 0.3) is 15.9 Å². The van der Waals surface area contributed by atoms with E-state index in [4.69, 9.17) is 0 Å². The maximum atomic E-state index is 12.7. The van der Waals surface area contributed by atoms with Gasteiger partial charge in [0, 0.05) is 19.2 Å². The number of aryl methyl sites for hydroxylation is 1. The molecule has 2 N–H and O–H groups in total. The van der Waals surface area contributed by atoms with E-state index >= 15 is 0 Å². The molecular weight excluding hydrogens is 378 g/mol. The summed E-state index contributed by atoms with van der Waals surface area (Å²) in [4.78, 5) is 24.2. The van der Waals surface area contributed by atoms with Crippen LogP contribution in [0.25, 0.3) is 0 Å². The molecule has 0 aromatic heterocycles. The van der Waals surface area contributed by atoms with Crippen molar-refractivity contribution in [3.05, 3.63) is 59.7 Å². The molecule has 150 valence electrons. The predicted molar refractivity (Wildman–Crippen MR) is 109 cm³/mol. The predicted octanol–water partition coefficient (Wildman–Crippen LogP) is 2.07. The van der Waals surface area contributed by atoms with Crippen molar-refractivity contribution in [2.24, 2.45) is 0 Å². The lowest BCUT2D eigenvalue weighted by Crippen LogP contribution is -2.44. The van der Waals surface area contributed by atoms with Gasteiger partial charge in [0.15, 0.2) is 0 Å². The van der Waals surface area contributed by atoms with Gasteiger partial charge in [0.05, 0.1) is 10.6 Å². The van der Waals surface area contributed by atoms with Gasteiger partial charge < -0.3 is 10.6 Å². The molecule has 0 radical (unpaired) electrons. The highest BCUT2D eigenvalue weighted by molar-refractivity contribution is 7.92. The molecular formula is C20H25N3O4S. The summed E-state index contributed by atoms with van der Waals surface area (Å²) >= 11 is 0. The van der Waals surface area contributed by atoms with Gasteiger partial charge in [0.1, 0.15) is 6.04 Å². The normalized spacial score (nSPS) is 12.1. The van der Waals surface area contributed by atoms with Crippen molar-refractivity contribution in [2.75, 3.05) is 17.9 Å². The fourth-order valence-electron chi connectivity index (χ4n) is 2.50. The zero-order valence-electron chi connectivity index (χ0n) is 16.4. The minimum absolute atomic E-state index is 0.193. The maximum Gasteiger partial charge on any atom is 0.264 e. The van der Waals surface area contributed by atoms with Crippen LogP contribution in [-0.2, 0) is 14.8 Å². The van der Waals surface area contributed by atoms with Crippen molar-refractivity contribution in [3.8, 4) is 0 Å². The molecule has 1 atom stereocenters. The standard InChI is InChI=1S/C20H25N3O4S/c1-5-21-19(24)15(3)22-20(25)16-8-10-17(11-9-16)23(4)28(26,27)18-12-6-14(2)7-13-18/h6-13,15H,5H2,1-4H3,(H,21,24)(H,22,25)/t15-/m0/s1. The summed E-state index contributed by atoms with van der Waals surface area (Å²) < 4.78 is 26.7. The lowest BCUT2D eigenvalue weighted by atomic mass is 10.2. The molecule has 7 nitrogen and oxygen atoms in total. The van der Waals surface area contributed by atoms with Crippen molar-refractivity contribution in [2.45, 2.75) is 31.7 Å². The van der Waals surface area contributed by atoms with Crippen molar-refractivity contribution in [1.29, 1.82) is 0 Å². The number of likely N-dealkylation sites (N-methyl/N-ethyl adjacent to an activating group) is 1. The summed E-state index contributed by atoms with van der Waals surface area (Å²) in [6.07, 6.45) is 0.